The Bertz CT molecular complexity index is 1150. The number of nitrogens with zero attached hydrogens (tertiary/aromatic N) is 2. The third-order valence-electron chi connectivity index (χ3n) is 5.16. The van der Waals surface area contributed by atoms with Crippen LogP contribution in [0.5, 0.6) is 0 Å². The number of alkyl carbamates (subject to hydrolysis) is 1. The number of carbonyl (C=O) groups is 2. The van der Waals surface area contributed by atoms with Gasteiger partial charge in [-0.3, -0.25) is 4.90 Å². The lowest BCUT2D eigenvalue weighted by Gasteiger charge is -2.30. The van der Waals surface area contributed by atoms with Crippen LogP contribution in [0.15, 0.2) is 24.5 Å². The fourth-order valence-corrected chi connectivity index (χ4v) is 3.80. The van der Waals surface area contributed by atoms with Crippen LogP contribution in [0, 0.1) is 0 Å². The number of H-pyrrole nitrogens is 2. The van der Waals surface area contributed by atoms with Crippen molar-refractivity contribution in [3.05, 3.63) is 30.1 Å². The Labute approximate surface area is 185 Å². The summed E-state index contributed by atoms with van der Waals surface area (Å²) in [5, 5.41) is 4.66. The predicted octanol–water partition coefficient (Wildman–Crippen LogP) is 2.05. The molecule has 1 aromatic carbocycles. The summed E-state index contributed by atoms with van der Waals surface area (Å²) in [5.74, 6) is 0.511. The summed E-state index contributed by atoms with van der Waals surface area (Å²) in [6.45, 7) is 7.61. The maximum atomic E-state index is 12.0. The Morgan fingerprint density at radius 1 is 1.38 bits per heavy atom. The molecular weight excluding hydrogens is 414 g/mol. The fraction of sp³-hybridized carbons (Fsp3) is 0.455. The molecule has 1 aliphatic rings. The van der Waals surface area contributed by atoms with E-state index in [0.29, 0.717) is 37.5 Å². The minimum absolute atomic E-state index is 0.191. The SMILES string of the molecule is COC(=O)c1ccc2c(c1)[nH]c1nc[nH+]c(N3CCOC(CNC(=O)OC(C)(C)C)C3)c12. The Morgan fingerprint density at radius 3 is 2.94 bits per heavy atom. The zero-order valence-corrected chi connectivity index (χ0v) is 18.7. The van der Waals surface area contributed by atoms with E-state index < -0.39 is 11.7 Å². The van der Waals surface area contributed by atoms with E-state index in [0.717, 1.165) is 22.1 Å². The van der Waals surface area contributed by atoms with Crippen LogP contribution in [0.2, 0.25) is 0 Å². The van der Waals surface area contributed by atoms with Gasteiger partial charge in [-0.15, -0.1) is 0 Å². The Balaban J connectivity index is 1.56. The molecule has 1 fully saturated rings. The Morgan fingerprint density at radius 2 is 2.19 bits per heavy atom. The van der Waals surface area contributed by atoms with Crippen molar-refractivity contribution in [3.8, 4) is 0 Å². The zero-order chi connectivity index (χ0) is 22.9. The maximum Gasteiger partial charge on any atom is 0.407 e. The molecule has 1 aliphatic heterocycles. The van der Waals surface area contributed by atoms with E-state index in [9.17, 15) is 9.59 Å². The smallest absolute Gasteiger partial charge is 0.407 e. The number of fused-ring (bicyclic) bond motifs is 3. The van der Waals surface area contributed by atoms with E-state index in [2.05, 4.69) is 25.2 Å². The number of benzene rings is 1. The summed E-state index contributed by atoms with van der Waals surface area (Å²) in [6, 6.07) is 5.39. The van der Waals surface area contributed by atoms with Gasteiger partial charge >= 0.3 is 12.1 Å². The normalized spacial score (nSPS) is 16.9. The van der Waals surface area contributed by atoms with Crippen molar-refractivity contribution in [1.82, 2.24) is 15.3 Å². The van der Waals surface area contributed by atoms with Crippen LogP contribution in [-0.2, 0) is 14.2 Å². The molecule has 32 heavy (non-hydrogen) atoms. The van der Waals surface area contributed by atoms with E-state index in [1.165, 1.54) is 7.11 Å². The van der Waals surface area contributed by atoms with Crippen molar-refractivity contribution in [2.24, 2.45) is 0 Å². The van der Waals surface area contributed by atoms with Gasteiger partial charge in [0.15, 0.2) is 0 Å². The molecule has 2 aromatic heterocycles. The molecule has 1 unspecified atom stereocenters. The first-order chi connectivity index (χ1) is 15.2. The molecule has 0 bridgehead atoms. The molecular formula is C22H28N5O5+. The molecule has 10 heteroatoms. The van der Waals surface area contributed by atoms with Gasteiger partial charge in [-0.05, 0) is 32.9 Å². The highest BCUT2D eigenvalue weighted by molar-refractivity contribution is 6.11. The highest BCUT2D eigenvalue weighted by Gasteiger charge is 2.29. The van der Waals surface area contributed by atoms with Crippen molar-refractivity contribution >= 4 is 39.8 Å². The van der Waals surface area contributed by atoms with E-state index in [1.54, 1.807) is 18.5 Å². The number of hydrogen-bond donors (Lipinski definition) is 2. The molecule has 1 saturated heterocycles. The lowest BCUT2D eigenvalue weighted by atomic mass is 10.1. The summed E-state index contributed by atoms with van der Waals surface area (Å²) >= 11 is 0. The van der Waals surface area contributed by atoms with Gasteiger partial charge < -0.3 is 24.5 Å². The van der Waals surface area contributed by atoms with Crippen molar-refractivity contribution in [3.63, 3.8) is 0 Å². The van der Waals surface area contributed by atoms with Gasteiger partial charge in [0.2, 0.25) is 17.8 Å². The number of nitrogens with one attached hydrogen (secondary N) is 3. The number of carbonyl (C=O) groups excluding carboxylic acids is 2. The number of rotatable bonds is 4. The molecule has 0 spiro atoms. The summed E-state index contributed by atoms with van der Waals surface area (Å²) < 4.78 is 16.0. The first-order valence-electron chi connectivity index (χ1n) is 10.5. The summed E-state index contributed by atoms with van der Waals surface area (Å²) in [4.78, 5) is 37.0. The standard InChI is InChI=1S/C22H27N5O5/c1-22(2,3)32-21(29)23-10-14-11-27(7-8-31-14)19-17-15-6-5-13(20(28)30-4)9-16(15)26-18(17)24-12-25-19/h5-6,9,12,14H,7-8,10-11H2,1-4H3,(H,23,29)(H,24,25,26)/p+1. The molecule has 0 saturated carbocycles. The predicted molar refractivity (Wildman–Crippen MR) is 118 cm³/mol. The van der Waals surface area contributed by atoms with Crippen LogP contribution in [-0.4, -0.2) is 67.1 Å². The van der Waals surface area contributed by atoms with E-state index in [4.69, 9.17) is 14.2 Å². The highest BCUT2D eigenvalue weighted by atomic mass is 16.6. The number of hydrogen-bond acceptors (Lipinski definition) is 7. The van der Waals surface area contributed by atoms with Gasteiger partial charge in [-0.1, -0.05) is 11.1 Å². The average molecular weight is 442 g/mol. The first kappa shape index (κ1) is 21.8. The lowest BCUT2D eigenvalue weighted by molar-refractivity contribution is -0.367. The van der Waals surface area contributed by atoms with Gasteiger partial charge in [0, 0.05) is 10.9 Å². The number of methoxy groups -OCH3 is 1. The second-order valence-electron chi connectivity index (χ2n) is 8.67. The van der Waals surface area contributed by atoms with Crippen LogP contribution < -0.4 is 15.2 Å². The second kappa shape index (κ2) is 8.62. The maximum absolute atomic E-state index is 12.0. The minimum Gasteiger partial charge on any atom is -0.465 e. The Kier molecular flexibility index (Phi) is 5.88. The molecule has 4 rings (SSSR count). The summed E-state index contributed by atoms with van der Waals surface area (Å²) in [6.07, 6.45) is 0.982. The van der Waals surface area contributed by atoms with Crippen LogP contribution >= 0.6 is 0 Å². The number of amides is 1. The van der Waals surface area contributed by atoms with Crippen LogP contribution in [0.1, 0.15) is 31.1 Å². The van der Waals surface area contributed by atoms with Crippen LogP contribution in [0.4, 0.5) is 10.6 Å². The fourth-order valence-electron chi connectivity index (χ4n) is 3.80. The molecule has 3 heterocycles. The Hall–Kier alpha value is -3.40. The van der Waals surface area contributed by atoms with Crippen molar-refractivity contribution in [2.45, 2.75) is 32.5 Å². The molecule has 3 aromatic rings. The third kappa shape index (κ3) is 4.59. The quantitative estimate of drug-likeness (QED) is 0.593. The third-order valence-corrected chi connectivity index (χ3v) is 5.16. The van der Waals surface area contributed by atoms with Gasteiger partial charge in [-0.25, -0.2) is 14.6 Å². The highest BCUT2D eigenvalue weighted by Crippen LogP contribution is 2.31. The monoisotopic (exact) mass is 442 g/mol. The number of aromatic amines is 2. The number of aromatic nitrogens is 3. The number of ether oxygens (including phenoxy) is 3. The largest absolute Gasteiger partial charge is 0.465 e. The van der Waals surface area contributed by atoms with Crippen LogP contribution in [0.3, 0.4) is 0 Å². The number of anilines is 1. The molecule has 3 N–H and O–H groups in total. The van der Waals surface area contributed by atoms with Gasteiger partial charge in [0.1, 0.15) is 17.1 Å². The van der Waals surface area contributed by atoms with Gasteiger partial charge in [0.25, 0.3) is 0 Å². The molecule has 10 nitrogen and oxygen atoms in total. The van der Waals surface area contributed by atoms with Crippen LogP contribution in [0.25, 0.3) is 21.9 Å². The van der Waals surface area contributed by atoms with E-state index in [-0.39, 0.29) is 12.1 Å². The van der Waals surface area contributed by atoms with Gasteiger partial charge in [-0.2, -0.15) is 0 Å². The molecule has 0 aliphatic carbocycles. The van der Waals surface area contributed by atoms with E-state index in [1.807, 2.05) is 26.8 Å². The van der Waals surface area contributed by atoms with Crippen molar-refractivity contribution < 1.29 is 28.8 Å². The lowest BCUT2D eigenvalue weighted by Crippen LogP contribution is -2.49. The molecule has 0 radical (unpaired) electrons. The molecule has 170 valence electrons. The summed E-state index contributed by atoms with van der Waals surface area (Å²) in [7, 11) is 1.36. The topological polar surface area (TPSA) is 120 Å². The average Bonchev–Trinajstić information content (AvgIpc) is 3.14. The van der Waals surface area contributed by atoms with E-state index >= 15 is 0 Å². The molecule has 1 amide bonds. The number of morpholine rings is 1. The van der Waals surface area contributed by atoms with Crippen molar-refractivity contribution in [2.75, 3.05) is 38.3 Å². The van der Waals surface area contributed by atoms with Crippen molar-refractivity contribution in [1.29, 1.82) is 0 Å². The second-order valence-corrected chi connectivity index (χ2v) is 8.67. The summed E-state index contributed by atoms with van der Waals surface area (Å²) in [5.41, 5.74) is 1.43. The van der Waals surface area contributed by atoms with Gasteiger partial charge in [0.05, 0.1) is 38.9 Å². The zero-order valence-electron chi connectivity index (χ0n) is 18.7. The molecule has 1 atom stereocenters. The minimum atomic E-state index is -0.551. The first-order valence-corrected chi connectivity index (χ1v) is 10.5. The number of esters is 1.